The first kappa shape index (κ1) is 17.0. The smallest absolute Gasteiger partial charge is 0.306 e. The van der Waals surface area contributed by atoms with E-state index in [1.165, 1.54) is 12.8 Å². The number of benzene rings is 1. The van der Waals surface area contributed by atoms with Gasteiger partial charge in [-0.15, -0.1) is 0 Å². The molecule has 0 aromatic heterocycles. The van der Waals surface area contributed by atoms with Gasteiger partial charge in [0.05, 0.1) is 13.2 Å². The van der Waals surface area contributed by atoms with Gasteiger partial charge in [-0.2, -0.15) is 0 Å². The minimum absolute atomic E-state index is 0.139. The number of hydrogen-bond acceptors (Lipinski definition) is 3. The van der Waals surface area contributed by atoms with Crippen LogP contribution in [-0.2, 0) is 16.0 Å². The first-order valence-electron chi connectivity index (χ1n) is 7.19. The van der Waals surface area contributed by atoms with Crippen LogP contribution in [0.15, 0.2) is 24.3 Å². The van der Waals surface area contributed by atoms with Crippen LogP contribution in [0.4, 0.5) is 0 Å². The number of carbonyl (C=O) groups is 1. The molecule has 0 atom stereocenters. The Morgan fingerprint density at radius 2 is 1.90 bits per heavy atom. The number of unbranched alkanes of at least 4 members (excludes halogenated alkanes) is 2. The van der Waals surface area contributed by atoms with Gasteiger partial charge >= 0.3 is 5.97 Å². The van der Waals surface area contributed by atoms with Gasteiger partial charge in [0.15, 0.2) is 0 Å². The summed E-state index contributed by atoms with van der Waals surface area (Å²) in [7, 11) is 0. The first-order chi connectivity index (χ1) is 9.76. The number of ether oxygens (including phenoxy) is 2. The normalized spacial score (nSPS) is 10.3. The molecule has 0 N–H and O–H groups in total. The largest absolute Gasteiger partial charge is 0.494 e. The van der Waals surface area contributed by atoms with E-state index in [2.05, 4.69) is 15.9 Å². The lowest BCUT2D eigenvalue weighted by Crippen LogP contribution is -2.05. The summed E-state index contributed by atoms with van der Waals surface area (Å²) < 4.78 is 10.6. The molecule has 0 heterocycles. The standard InChI is InChI=1S/C16H23BrO3/c1-2-19-16(18)11-8-14-6-9-15(10-7-14)20-13-5-3-4-12-17/h6-7,9-10H,2-5,8,11-13H2,1H3. The van der Waals surface area contributed by atoms with Crippen LogP contribution in [0.25, 0.3) is 0 Å². The lowest BCUT2D eigenvalue weighted by atomic mass is 10.1. The molecule has 0 radical (unpaired) electrons. The third-order valence-corrected chi connectivity index (χ3v) is 3.45. The van der Waals surface area contributed by atoms with E-state index in [1.54, 1.807) is 0 Å². The van der Waals surface area contributed by atoms with Crippen LogP contribution in [0, 0.1) is 0 Å². The van der Waals surface area contributed by atoms with Gasteiger partial charge in [-0.05, 0) is 50.3 Å². The van der Waals surface area contributed by atoms with E-state index < -0.39 is 0 Å². The van der Waals surface area contributed by atoms with Crippen molar-refractivity contribution in [2.24, 2.45) is 0 Å². The molecule has 3 nitrogen and oxygen atoms in total. The van der Waals surface area contributed by atoms with Crippen molar-refractivity contribution >= 4 is 21.9 Å². The summed E-state index contributed by atoms with van der Waals surface area (Å²) in [5.41, 5.74) is 1.13. The molecule has 4 heteroatoms. The Labute approximate surface area is 129 Å². The fraction of sp³-hybridized carbons (Fsp3) is 0.562. The average molecular weight is 343 g/mol. The lowest BCUT2D eigenvalue weighted by Gasteiger charge is -2.07. The van der Waals surface area contributed by atoms with Gasteiger partial charge in [0.2, 0.25) is 0 Å². The zero-order valence-electron chi connectivity index (χ0n) is 12.1. The van der Waals surface area contributed by atoms with Crippen molar-refractivity contribution < 1.29 is 14.3 Å². The molecule has 0 spiro atoms. The highest BCUT2D eigenvalue weighted by molar-refractivity contribution is 9.09. The zero-order valence-corrected chi connectivity index (χ0v) is 13.7. The highest BCUT2D eigenvalue weighted by Crippen LogP contribution is 2.14. The summed E-state index contributed by atoms with van der Waals surface area (Å²) in [5.74, 6) is 0.753. The first-order valence-corrected chi connectivity index (χ1v) is 8.31. The number of halogens is 1. The summed E-state index contributed by atoms with van der Waals surface area (Å²) >= 11 is 3.42. The van der Waals surface area contributed by atoms with Crippen LogP contribution in [0.2, 0.25) is 0 Å². The van der Waals surface area contributed by atoms with E-state index in [9.17, 15) is 4.79 Å². The highest BCUT2D eigenvalue weighted by Gasteiger charge is 2.02. The Morgan fingerprint density at radius 1 is 1.15 bits per heavy atom. The third kappa shape index (κ3) is 7.53. The van der Waals surface area contributed by atoms with Crippen molar-refractivity contribution in [1.29, 1.82) is 0 Å². The predicted molar refractivity (Wildman–Crippen MR) is 84.5 cm³/mol. The van der Waals surface area contributed by atoms with Crippen molar-refractivity contribution in [2.45, 2.75) is 39.0 Å². The second-order valence-corrected chi connectivity index (χ2v) is 5.34. The Bertz CT molecular complexity index is 376. The highest BCUT2D eigenvalue weighted by atomic mass is 79.9. The molecule has 0 saturated carbocycles. The summed E-state index contributed by atoms with van der Waals surface area (Å²) in [6.45, 7) is 3.03. The Morgan fingerprint density at radius 3 is 2.55 bits per heavy atom. The van der Waals surface area contributed by atoms with Gasteiger partial charge in [0, 0.05) is 11.8 Å². The molecule has 1 rings (SSSR count). The summed E-state index contributed by atoms with van der Waals surface area (Å²) in [5, 5.41) is 1.06. The van der Waals surface area contributed by atoms with E-state index >= 15 is 0 Å². The van der Waals surface area contributed by atoms with Gasteiger partial charge in [-0.1, -0.05) is 28.1 Å². The van der Waals surface area contributed by atoms with Crippen LogP contribution in [-0.4, -0.2) is 24.5 Å². The molecule has 1 aromatic carbocycles. The minimum atomic E-state index is -0.139. The van der Waals surface area contributed by atoms with Gasteiger partial charge < -0.3 is 9.47 Å². The van der Waals surface area contributed by atoms with Crippen LogP contribution in [0.3, 0.4) is 0 Å². The summed E-state index contributed by atoms with van der Waals surface area (Å²) in [4.78, 5) is 11.3. The fourth-order valence-electron chi connectivity index (χ4n) is 1.80. The summed E-state index contributed by atoms with van der Waals surface area (Å²) in [6, 6.07) is 7.94. The van der Waals surface area contributed by atoms with Gasteiger partial charge in [0.1, 0.15) is 5.75 Å². The third-order valence-electron chi connectivity index (χ3n) is 2.89. The average Bonchev–Trinajstić information content (AvgIpc) is 2.46. The topological polar surface area (TPSA) is 35.5 Å². The molecular weight excluding hydrogens is 320 g/mol. The Kier molecular flexibility index (Phi) is 9.13. The molecule has 20 heavy (non-hydrogen) atoms. The molecule has 0 aliphatic heterocycles. The van der Waals surface area contributed by atoms with E-state index in [0.29, 0.717) is 19.4 Å². The van der Waals surface area contributed by atoms with Crippen LogP contribution in [0.5, 0.6) is 5.75 Å². The Balaban J connectivity index is 2.24. The SMILES string of the molecule is CCOC(=O)CCc1ccc(OCCCCCBr)cc1. The minimum Gasteiger partial charge on any atom is -0.494 e. The van der Waals surface area contributed by atoms with Gasteiger partial charge in [-0.25, -0.2) is 0 Å². The second-order valence-electron chi connectivity index (χ2n) is 4.55. The number of alkyl halides is 1. The molecule has 1 aromatic rings. The van der Waals surface area contributed by atoms with E-state index in [1.807, 2.05) is 31.2 Å². The van der Waals surface area contributed by atoms with Crippen molar-refractivity contribution in [3.63, 3.8) is 0 Å². The number of rotatable bonds is 10. The molecular formula is C16H23BrO3. The van der Waals surface area contributed by atoms with Crippen LogP contribution >= 0.6 is 15.9 Å². The Hall–Kier alpha value is -1.03. The van der Waals surface area contributed by atoms with Crippen molar-refractivity contribution in [1.82, 2.24) is 0 Å². The molecule has 0 bridgehead atoms. The molecule has 0 unspecified atom stereocenters. The van der Waals surface area contributed by atoms with Crippen LogP contribution < -0.4 is 4.74 Å². The molecule has 0 fully saturated rings. The van der Waals surface area contributed by atoms with Gasteiger partial charge in [-0.3, -0.25) is 4.79 Å². The van der Waals surface area contributed by atoms with E-state index in [4.69, 9.17) is 9.47 Å². The molecule has 0 amide bonds. The fourth-order valence-corrected chi connectivity index (χ4v) is 2.19. The number of aryl methyl sites for hydroxylation is 1. The number of carbonyl (C=O) groups excluding carboxylic acids is 1. The van der Waals surface area contributed by atoms with E-state index in [0.717, 1.165) is 29.7 Å². The molecule has 0 aliphatic carbocycles. The van der Waals surface area contributed by atoms with Gasteiger partial charge in [0.25, 0.3) is 0 Å². The van der Waals surface area contributed by atoms with Crippen LogP contribution in [0.1, 0.15) is 38.2 Å². The van der Waals surface area contributed by atoms with Crippen molar-refractivity contribution in [2.75, 3.05) is 18.5 Å². The molecule has 112 valence electrons. The maximum Gasteiger partial charge on any atom is 0.306 e. The second kappa shape index (κ2) is 10.7. The number of esters is 1. The summed E-state index contributed by atoms with van der Waals surface area (Å²) in [6.07, 6.45) is 4.60. The zero-order chi connectivity index (χ0) is 14.6. The monoisotopic (exact) mass is 342 g/mol. The molecule has 0 aliphatic rings. The maximum atomic E-state index is 11.3. The van der Waals surface area contributed by atoms with Crippen molar-refractivity contribution in [3.05, 3.63) is 29.8 Å². The lowest BCUT2D eigenvalue weighted by molar-refractivity contribution is -0.143. The number of hydrogen-bond donors (Lipinski definition) is 0. The van der Waals surface area contributed by atoms with Crippen molar-refractivity contribution in [3.8, 4) is 5.75 Å². The van der Waals surface area contributed by atoms with E-state index in [-0.39, 0.29) is 5.97 Å². The predicted octanol–water partition coefficient (Wildman–Crippen LogP) is 4.13. The molecule has 0 saturated heterocycles. The maximum absolute atomic E-state index is 11.3. The quantitative estimate of drug-likeness (QED) is 0.364.